The molecule has 2 aliphatic heterocycles. The van der Waals surface area contributed by atoms with Crippen molar-refractivity contribution in [2.45, 2.75) is 44.7 Å². The van der Waals surface area contributed by atoms with Crippen LogP contribution in [-0.4, -0.2) is 43.7 Å². The Morgan fingerprint density at radius 1 is 1.19 bits per heavy atom. The van der Waals surface area contributed by atoms with Gasteiger partial charge in [-0.05, 0) is 69.8 Å². The molecule has 1 aromatic carbocycles. The van der Waals surface area contributed by atoms with Gasteiger partial charge >= 0.3 is 0 Å². The fraction of sp³-hybridized carbons (Fsp3) is 0.667. The Morgan fingerprint density at radius 3 is 2.67 bits per heavy atom. The smallest absolute Gasteiger partial charge is 0.0366 e. The lowest BCUT2D eigenvalue weighted by Crippen LogP contribution is -2.52. The summed E-state index contributed by atoms with van der Waals surface area (Å²) >= 11 is 0. The highest BCUT2D eigenvalue weighted by Crippen LogP contribution is 2.32. The molecule has 0 bridgehead atoms. The fourth-order valence-electron chi connectivity index (χ4n) is 4.10. The van der Waals surface area contributed by atoms with Crippen molar-refractivity contribution >= 4 is 5.69 Å². The maximum Gasteiger partial charge on any atom is 0.0366 e. The molecule has 1 aromatic rings. The van der Waals surface area contributed by atoms with Crippen LogP contribution in [0.4, 0.5) is 5.69 Å². The number of hydrogen-bond acceptors (Lipinski definition) is 3. The van der Waals surface area contributed by atoms with Gasteiger partial charge in [-0.1, -0.05) is 12.1 Å². The van der Waals surface area contributed by atoms with Crippen molar-refractivity contribution in [2.24, 2.45) is 11.7 Å². The minimum Gasteiger partial charge on any atom is -0.371 e. The van der Waals surface area contributed by atoms with Gasteiger partial charge in [0.1, 0.15) is 0 Å². The van der Waals surface area contributed by atoms with Crippen LogP contribution in [0, 0.1) is 5.92 Å². The standard InChI is InChI=1S/C18H29N3/c1-14(19)12-15-5-7-17(8-6-15)21-11-9-18-16(13-21)4-3-10-20(18)2/h5-8,14,16,18H,3-4,9-13,19H2,1-2H3. The van der Waals surface area contributed by atoms with Crippen LogP contribution in [-0.2, 0) is 6.42 Å². The van der Waals surface area contributed by atoms with Crippen molar-refractivity contribution in [3.8, 4) is 0 Å². The normalized spacial score (nSPS) is 28.2. The molecule has 3 heteroatoms. The van der Waals surface area contributed by atoms with Gasteiger partial charge in [0.25, 0.3) is 0 Å². The summed E-state index contributed by atoms with van der Waals surface area (Å²) < 4.78 is 0. The minimum atomic E-state index is 0.240. The van der Waals surface area contributed by atoms with Crippen molar-refractivity contribution < 1.29 is 0 Å². The monoisotopic (exact) mass is 287 g/mol. The Balaban J connectivity index is 1.65. The molecule has 2 fully saturated rings. The average Bonchev–Trinajstić information content (AvgIpc) is 2.47. The molecule has 2 heterocycles. The Morgan fingerprint density at radius 2 is 1.95 bits per heavy atom. The summed E-state index contributed by atoms with van der Waals surface area (Å²) in [7, 11) is 2.30. The molecule has 3 unspecified atom stereocenters. The highest BCUT2D eigenvalue weighted by atomic mass is 15.2. The SMILES string of the molecule is CC(N)Cc1ccc(N2CCC3C(CCCN3C)C2)cc1. The molecular formula is C18H29N3. The topological polar surface area (TPSA) is 32.5 Å². The summed E-state index contributed by atoms with van der Waals surface area (Å²) in [6.45, 7) is 5.77. The van der Waals surface area contributed by atoms with Gasteiger partial charge in [-0.3, -0.25) is 0 Å². The first kappa shape index (κ1) is 14.9. The van der Waals surface area contributed by atoms with E-state index in [-0.39, 0.29) is 6.04 Å². The van der Waals surface area contributed by atoms with E-state index in [4.69, 9.17) is 5.73 Å². The van der Waals surface area contributed by atoms with E-state index in [1.54, 1.807) is 0 Å². The fourth-order valence-corrected chi connectivity index (χ4v) is 4.10. The third kappa shape index (κ3) is 3.41. The van der Waals surface area contributed by atoms with Gasteiger partial charge in [0, 0.05) is 30.9 Å². The first-order valence-electron chi connectivity index (χ1n) is 8.43. The Hall–Kier alpha value is -1.06. The number of anilines is 1. The summed E-state index contributed by atoms with van der Waals surface area (Å²) in [6.07, 6.45) is 5.03. The van der Waals surface area contributed by atoms with Gasteiger partial charge in [0.2, 0.25) is 0 Å². The number of rotatable bonds is 3. The summed E-state index contributed by atoms with van der Waals surface area (Å²) in [4.78, 5) is 5.16. The van der Waals surface area contributed by atoms with Crippen LogP contribution in [0.3, 0.4) is 0 Å². The molecule has 0 amide bonds. The lowest BCUT2D eigenvalue weighted by Gasteiger charge is -2.46. The minimum absolute atomic E-state index is 0.240. The molecule has 21 heavy (non-hydrogen) atoms. The highest BCUT2D eigenvalue weighted by Gasteiger charge is 2.34. The van der Waals surface area contributed by atoms with Crippen molar-refractivity contribution in [1.82, 2.24) is 4.90 Å². The molecule has 0 radical (unpaired) electrons. The molecule has 0 spiro atoms. The van der Waals surface area contributed by atoms with Crippen LogP contribution >= 0.6 is 0 Å². The molecule has 2 saturated heterocycles. The number of piperidine rings is 2. The van der Waals surface area contributed by atoms with Crippen LogP contribution in [0.15, 0.2) is 24.3 Å². The molecule has 0 aliphatic carbocycles. The van der Waals surface area contributed by atoms with Crippen LogP contribution in [0.5, 0.6) is 0 Å². The number of fused-ring (bicyclic) bond motifs is 1. The number of hydrogen-bond donors (Lipinski definition) is 1. The second-order valence-electron chi connectivity index (χ2n) is 7.03. The number of nitrogens with two attached hydrogens (primary N) is 1. The summed E-state index contributed by atoms with van der Waals surface area (Å²) in [5.41, 5.74) is 8.61. The molecule has 2 N–H and O–H groups in total. The molecule has 3 atom stereocenters. The third-order valence-corrected chi connectivity index (χ3v) is 5.20. The van der Waals surface area contributed by atoms with Crippen molar-refractivity contribution in [3.63, 3.8) is 0 Å². The first-order valence-corrected chi connectivity index (χ1v) is 8.43. The molecule has 3 nitrogen and oxygen atoms in total. The van der Waals surface area contributed by atoms with Gasteiger partial charge in [-0.15, -0.1) is 0 Å². The summed E-state index contributed by atoms with van der Waals surface area (Å²) in [6, 6.07) is 10.1. The molecule has 2 aliphatic rings. The maximum absolute atomic E-state index is 5.88. The predicted octanol–water partition coefficient (Wildman–Crippen LogP) is 2.50. The number of benzene rings is 1. The van der Waals surface area contributed by atoms with E-state index in [0.29, 0.717) is 0 Å². The second kappa shape index (κ2) is 6.37. The largest absolute Gasteiger partial charge is 0.371 e. The van der Waals surface area contributed by atoms with Crippen LogP contribution in [0.2, 0.25) is 0 Å². The maximum atomic E-state index is 5.88. The van der Waals surface area contributed by atoms with Gasteiger partial charge in [-0.2, -0.15) is 0 Å². The lowest BCUT2D eigenvalue weighted by atomic mass is 9.84. The Labute approximate surface area is 129 Å². The second-order valence-corrected chi connectivity index (χ2v) is 7.03. The third-order valence-electron chi connectivity index (χ3n) is 5.20. The number of nitrogens with zero attached hydrogens (tertiary/aromatic N) is 2. The molecule has 3 rings (SSSR count). The zero-order valence-electron chi connectivity index (χ0n) is 13.5. The molecule has 0 aromatic heterocycles. The van der Waals surface area contributed by atoms with E-state index in [9.17, 15) is 0 Å². The Bertz CT molecular complexity index is 454. The summed E-state index contributed by atoms with van der Waals surface area (Å²) in [5, 5.41) is 0. The number of likely N-dealkylation sites (tertiary alicyclic amines) is 1. The van der Waals surface area contributed by atoms with Gasteiger partial charge in [0.05, 0.1) is 0 Å². The van der Waals surface area contributed by atoms with E-state index in [2.05, 4.69) is 48.0 Å². The van der Waals surface area contributed by atoms with E-state index in [1.165, 1.54) is 50.1 Å². The van der Waals surface area contributed by atoms with E-state index in [0.717, 1.165) is 18.4 Å². The van der Waals surface area contributed by atoms with E-state index < -0.39 is 0 Å². The first-order chi connectivity index (χ1) is 10.1. The molecular weight excluding hydrogens is 258 g/mol. The Kier molecular flexibility index (Phi) is 4.51. The molecule has 116 valence electrons. The van der Waals surface area contributed by atoms with Gasteiger partial charge < -0.3 is 15.5 Å². The van der Waals surface area contributed by atoms with Crippen LogP contribution in [0.1, 0.15) is 31.7 Å². The quantitative estimate of drug-likeness (QED) is 0.927. The average molecular weight is 287 g/mol. The summed E-state index contributed by atoms with van der Waals surface area (Å²) in [5.74, 6) is 0.848. The van der Waals surface area contributed by atoms with E-state index in [1.807, 2.05) is 0 Å². The van der Waals surface area contributed by atoms with Gasteiger partial charge in [-0.25, -0.2) is 0 Å². The van der Waals surface area contributed by atoms with Crippen molar-refractivity contribution in [2.75, 3.05) is 31.6 Å². The predicted molar refractivity (Wildman–Crippen MR) is 89.8 cm³/mol. The van der Waals surface area contributed by atoms with Crippen LogP contribution < -0.4 is 10.6 Å². The zero-order valence-corrected chi connectivity index (χ0v) is 13.5. The molecule has 0 saturated carbocycles. The highest BCUT2D eigenvalue weighted by molar-refractivity contribution is 5.48. The van der Waals surface area contributed by atoms with E-state index >= 15 is 0 Å². The van der Waals surface area contributed by atoms with Crippen LogP contribution in [0.25, 0.3) is 0 Å². The lowest BCUT2D eigenvalue weighted by molar-refractivity contribution is 0.102. The zero-order chi connectivity index (χ0) is 14.8. The van der Waals surface area contributed by atoms with Crippen molar-refractivity contribution in [1.29, 1.82) is 0 Å². The van der Waals surface area contributed by atoms with Crippen molar-refractivity contribution in [3.05, 3.63) is 29.8 Å². The van der Waals surface area contributed by atoms with Gasteiger partial charge in [0.15, 0.2) is 0 Å².